The van der Waals surface area contributed by atoms with Gasteiger partial charge in [0.05, 0.1) is 12.6 Å². The number of nitrogens with zero attached hydrogens (tertiary/aromatic N) is 4. The van der Waals surface area contributed by atoms with Gasteiger partial charge in [-0.05, 0) is 29.8 Å². The lowest BCUT2D eigenvalue weighted by atomic mass is 10.0. The first-order valence-electron chi connectivity index (χ1n) is 9.33. The molecule has 2 aliphatic rings. The molecule has 0 aliphatic carbocycles. The maximum atomic E-state index is 13.1. The van der Waals surface area contributed by atoms with E-state index < -0.39 is 0 Å². The highest BCUT2D eigenvalue weighted by Gasteiger charge is 2.29. The zero-order valence-corrected chi connectivity index (χ0v) is 15.2. The van der Waals surface area contributed by atoms with Gasteiger partial charge in [-0.2, -0.15) is 5.10 Å². The van der Waals surface area contributed by atoms with E-state index in [4.69, 9.17) is 0 Å². The van der Waals surface area contributed by atoms with Crippen LogP contribution in [0.2, 0.25) is 0 Å². The van der Waals surface area contributed by atoms with Crippen molar-refractivity contribution in [2.45, 2.75) is 12.5 Å². The van der Waals surface area contributed by atoms with E-state index in [2.05, 4.69) is 14.9 Å². The minimum Gasteiger partial charge on any atom is -0.369 e. The van der Waals surface area contributed by atoms with E-state index in [9.17, 15) is 9.18 Å². The molecular weight excluding hydrogens is 343 g/mol. The topological polar surface area (TPSA) is 39.2 Å². The van der Waals surface area contributed by atoms with Crippen molar-refractivity contribution in [3.8, 4) is 0 Å². The second-order valence-electron chi connectivity index (χ2n) is 6.94. The van der Waals surface area contributed by atoms with Crippen molar-refractivity contribution in [2.24, 2.45) is 5.10 Å². The van der Waals surface area contributed by atoms with Crippen LogP contribution in [0.1, 0.15) is 18.0 Å². The predicted molar refractivity (Wildman–Crippen MR) is 104 cm³/mol. The summed E-state index contributed by atoms with van der Waals surface area (Å²) in [6, 6.07) is 16.6. The van der Waals surface area contributed by atoms with E-state index in [1.165, 1.54) is 12.1 Å². The number of piperazine rings is 1. The van der Waals surface area contributed by atoms with Gasteiger partial charge in [0, 0.05) is 44.5 Å². The molecule has 1 saturated heterocycles. The van der Waals surface area contributed by atoms with Gasteiger partial charge in [0.1, 0.15) is 5.82 Å². The van der Waals surface area contributed by atoms with Crippen molar-refractivity contribution in [3.05, 3.63) is 66.0 Å². The number of carbonyl (C=O) groups excluding carboxylic acids is 1. The van der Waals surface area contributed by atoms with Crippen molar-refractivity contribution in [2.75, 3.05) is 37.6 Å². The highest BCUT2D eigenvalue weighted by Crippen LogP contribution is 2.28. The summed E-state index contributed by atoms with van der Waals surface area (Å²) < 4.78 is 13.1. The van der Waals surface area contributed by atoms with Gasteiger partial charge in [-0.25, -0.2) is 9.40 Å². The smallest absolute Gasteiger partial charge is 0.257 e. The molecule has 0 bridgehead atoms. The third-order valence-electron chi connectivity index (χ3n) is 5.19. The molecule has 0 radical (unpaired) electrons. The fourth-order valence-corrected chi connectivity index (χ4v) is 3.69. The second-order valence-corrected chi connectivity index (χ2v) is 6.94. The van der Waals surface area contributed by atoms with E-state index >= 15 is 0 Å². The van der Waals surface area contributed by atoms with Gasteiger partial charge in [0.2, 0.25) is 0 Å². The quantitative estimate of drug-likeness (QED) is 0.835. The zero-order valence-electron chi connectivity index (χ0n) is 15.2. The molecule has 4 rings (SSSR count). The van der Waals surface area contributed by atoms with Crippen molar-refractivity contribution < 1.29 is 9.18 Å². The summed E-state index contributed by atoms with van der Waals surface area (Å²) in [6.07, 6.45) is 2.58. The lowest BCUT2D eigenvalue weighted by Crippen LogP contribution is -2.49. The predicted octanol–water partition coefficient (Wildman–Crippen LogP) is 2.91. The van der Waals surface area contributed by atoms with Crippen molar-refractivity contribution in [1.29, 1.82) is 0 Å². The summed E-state index contributed by atoms with van der Waals surface area (Å²) in [4.78, 5) is 17.2. The molecule has 2 aromatic rings. The molecule has 0 unspecified atom stereocenters. The summed E-state index contributed by atoms with van der Waals surface area (Å²) in [5, 5.41) is 5.94. The van der Waals surface area contributed by atoms with Crippen LogP contribution in [-0.2, 0) is 4.79 Å². The largest absolute Gasteiger partial charge is 0.369 e. The van der Waals surface area contributed by atoms with Crippen LogP contribution >= 0.6 is 0 Å². The number of hydrogen-bond acceptors (Lipinski definition) is 4. The standard InChI is InChI=1S/C21H23FN4O/c22-18-6-8-19(9-7-18)25-14-12-24(13-15-25)16-21(27)26-20(10-11-23-26)17-4-2-1-3-5-17/h1-9,11,20H,10,12-16H2/t20-/m1/s1. The average Bonchev–Trinajstić information content (AvgIpc) is 3.20. The molecular formula is C21H23FN4O. The fraction of sp³-hybridized carbons (Fsp3) is 0.333. The zero-order chi connectivity index (χ0) is 18.6. The van der Waals surface area contributed by atoms with Crippen molar-refractivity contribution >= 4 is 17.8 Å². The average molecular weight is 366 g/mol. The van der Waals surface area contributed by atoms with Crippen molar-refractivity contribution in [3.63, 3.8) is 0 Å². The Balaban J connectivity index is 1.33. The monoisotopic (exact) mass is 366 g/mol. The van der Waals surface area contributed by atoms with Gasteiger partial charge < -0.3 is 4.90 Å². The minimum atomic E-state index is -0.220. The van der Waals surface area contributed by atoms with Crippen LogP contribution < -0.4 is 4.90 Å². The van der Waals surface area contributed by atoms with Gasteiger partial charge in [-0.3, -0.25) is 9.69 Å². The Morgan fingerprint density at radius 1 is 1.00 bits per heavy atom. The Hall–Kier alpha value is -2.73. The maximum absolute atomic E-state index is 13.1. The molecule has 0 aromatic heterocycles. The van der Waals surface area contributed by atoms with Gasteiger partial charge in [0.15, 0.2) is 0 Å². The number of anilines is 1. The molecule has 0 saturated carbocycles. The van der Waals surface area contributed by atoms with E-state index in [0.29, 0.717) is 6.54 Å². The van der Waals surface area contributed by atoms with Crippen LogP contribution in [0.15, 0.2) is 59.7 Å². The number of hydrazone groups is 1. The third-order valence-corrected chi connectivity index (χ3v) is 5.19. The lowest BCUT2D eigenvalue weighted by Gasteiger charge is -2.36. The van der Waals surface area contributed by atoms with Gasteiger partial charge in [0.25, 0.3) is 5.91 Å². The van der Waals surface area contributed by atoms with Gasteiger partial charge in [-0.15, -0.1) is 0 Å². The Morgan fingerprint density at radius 2 is 1.70 bits per heavy atom. The van der Waals surface area contributed by atoms with Gasteiger partial charge >= 0.3 is 0 Å². The first kappa shape index (κ1) is 17.7. The molecule has 0 spiro atoms. The molecule has 140 valence electrons. The van der Waals surface area contributed by atoms with E-state index in [0.717, 1.165) is 43.9 Å². The van der Waals surface area contributed by atoms with E-state index in [1.54, 1.807) is 17.1 Å². The van der Waals surface area contributed by atoms with Crippen molar-refractivity contribution in [1.82, 2.24) is 9.91 Å². The van der Waals surface area contributed by atoms with Crippen LogP contribution in [0.3, 0.4) is 0 Å². The van der Waals surface area contributed by atoms with E-state index in [1.807, 2.05) is 36.5 Å². The maximum Gasteiger partial charge on any atom is 0.257 e. The summed E-state index contributed by atoms with van der Waals surface area (Å²) in [7, 11) is 0. The molecule has 2 heterocycles. The molecule has 2 aliphatic heterocycles. The number of hydrogen-bond donors (Lipinski definition) is 0. The Morgan fingerprint density at radius 3 is 2.41 bits per heavy atom. The molecule has 6 heteroatoms. The first-order valence-corrected chi connectivity index (χ1v) is 9.33. The summed E-state index contributed by atoms with van der Waals surface area (Å²) in [5.41, 5.74) is 2.14. The van der Waals surface area contributed by atoms with Crippen LogP contribution in [0.4, 0.5) is 10.1 Å². The summed E-state index contributed by atoms with van der Waals surface area (Å²) in [5.74, 6) is -0.185. The molecule has 2 aromatic carbocycles. The number of benzene rings is 2. The number of amides is 1. The third kappa shape index (κ3) is 4.01. The highest BCUT2D eigenvalue weighted by molar-refractivity contribution is 5.81. The molecule has 27 heavy (non-hydrogen) atoms. The molecule has 0 N–H and O–H groups in total. The van der Waals surface area contributed by atoms with Crippen LogP contribution in [0.5, 0.6) is 0 Å². The van der Waals surface area contributed by atoms with Crippen LogP contribution in [-0.4, -0.2) is 54.8 Å². The molecule has 1 atom stereocenters. The van der Waals surface area contributed by atoms with Crippen LogP contribution in [0, 0.1) is 5.82 Å². The summed E-state index contributed by atoms with van der Waals surface area (Å²) in [6.45, 7) is 3.62. The molecule has 1 amide bonds. The van der Waals surface area contributed by atoms with Gasteiger partial charge in [-0.1, -0.05) is 30.3 Å². The highest BCUT2D eigenvalue weighted by atomic mass is 19.1. The van der Waals surface area contributed by atoms with E-state index in [-0.39, 0.29) is 17.8 Å². The Labute approximate surface area is 158 Å². The van der Waals surface area contributed by atoms with Crippen LogP contribution in [0.25, 0.3) is 0 Å². The lowest BCUT2D eigenvalue weighted by molar-refractivity contribution is -0.134. The minimum absolute atomic E-state index is 0.000737. The normalized spacial score (nSPS) is 20.3. The molecule has 5 nitrogen and oxygen atoms in total. The molecule has 1 fully saturated rings. The Bertz CT molecular complexity index is 801. The Kier molecular flexibility index (Phi) is 5.16. The fourth-order valence-electron chi connectivity index (χ4n) is 3.69. The number of halogens is 1. The SMILES string of the molecule is O=C(CN1CCN(c2ccc(F)cc2)CC1)N1N=CC[C@@H]1c1ccccc1. The number of carbonyl (C=O) groups is 1. The number of rotatable bonds is 4. The summed E-state index contributed by atoms with van der Waals surface area (Å²) >= 11 is 0. The second kappa shape index (κ2) is 7.88. The first-order chi connectivity index (χ1) is 13.2.